The predicted molar refractivity (Wildman–Crippen MR) is 74.9 cm³/mol. The van der Waals surface area contributed by atoms with Crippen LogP contribution in [0.3, 0.4) is 0 Å². The van der Waals surface area contributed by atoms with Crippen molar-refractivity contribution in [2.24, 2.45) is 11.1 Å². The highest BCUT2D eigenvalue weighted by molar-refractivity contribution is 7.88. The summed E-state index contributed by atoms with van der Waals surface area (Å²) in [5, 5.41) is 0. The Hall–Kier alpha value is -0.170. The van der Waals surface area contributed by atoms with E-state index in [1.54, 1.807) is 4.31 Å². The maximum Gasteiger partial charge on any atom is 0.211 e. The van der Waals surface area contributed by atoms with Crippen molar-refractivity contribution in [1.29, 1.82) is 0 Å². The molecule has 0 aromatic heterocycles. The number of rotatable bonds is 4. The first-order valence-electron chi connectivity index (χ1n) is 6.40. The molecule has 0 bridgehead atoms. The summed E-state index contributed by atoms with van der Waals surface area (Å²) in [5.74, 6) is 0. The van der Waals surface area contributed by atoms with Crippen molar-refractivity contribution in [2.75, 3.05) is 39.0 Å². The van der Waals surface area contributed by atoms with Gasteiger partial charge in [-0.15, -0.1) is 0 Å². The van der Waals surface area contributed by atoms with E-state index in [1.807, 2.05) is 13.8 Å². The molecule has 1 saturated heterocycles. The van der Waals surface area contributed by atoms with Gasteiger partial charge in [-0.2, -0.15) is 4.31 Å². The molecule has 5 nitrogen and oxygen atoms in total. The first-order valence-corrected chi connectivity index (χ1v) is 8.25. The highest BCUT2D eigenvalue weighted by Gasteiger charge is 2.36. The van der Waals surface area contributed by atoms with Crippen molar-refractivity contribution in [3.63, 3.8) is 0 Å². The Balaban J connectivity index is 2.55. The highest BCUT2D eigenvalue weighted by Crippen LogP contribution is 2.29. The number of nitrogens with two attached hydrogens (primary N) is 1. The van der Waals surface area contributed by atoms with Gasteiger partial charge in [-0.05, 0) is 19.3 Å². The van der Waals surface area contributed by atoms with Crippen LogP contribution in [0.5, 0.6) is 0 Å². The van der Waals surface area contributed by atoms with Crippen molar-refractivity contribution in [3.8, 4) is 0 Å². The summed E-state index contributed by atoms with van der Waals surface area (Å²) in [7, 11) is -3.04. The Morgan fingerprint density at radius 3 is 1.83 bits per heavy atom. The first kappa shape index (κ1) is 15.9. The molecule has 0 radical (unpaired) electrons. The molecule has 0 aromatic carbocycles. The smallest absolute Gasteiger partial charge is 0.211 e. The van der Waals surface area contributed by atoms with E-state index in [-0.39, 0.29) is 11.0 Å². The lowest BCUT2D eigenvalue weighted by atomic mass is 9.75. The van der Waals surface area contributed by atoms with Crippen LogP contribution in [0.25, 0.3) is 0 Å². The van der Waals surface area contributed by atoms with Crippen LogP contribution >= 0.6 is 0 Å². The van der Waals surface area contributed by atoms with Crippen LogP contribution in [0.15, 0.2) is 0 Å². The van der Waals surface area contributed by atoms with Crippen molar-refractivity contribution in [3.05, 3.63) is 0 Å². The van der Waals surface area contributed by atoms with Gasteiger partial charge in [0, 0.05) is 38.3 Å². The van der Waals surface area contributed by atoms with Crippen LogP contribution in [-0.2, 0) is 10.0 Å². The van der Waals surface area contributed by atoms with E-state index in [0.29, 0.717) is 13.1 Å². The Labute approximate surface area is 111 Å². The van der Waals surface area contributed by atoms with Crippen LogP contribution in [0.2, 0.25) is 0 Å². The van der Waals surface area contributed by atoms with E-state index in [9.17, 15) is 8.42 Å². The number of nitrogens with zero attached hydrogens (tertiary/aromatic N) is 2. The summed E-state index contributed by atoms with van der Waals surface area (Å²) in [5.41, 5.74) is 5.95. The summed E-state index contributed by atoms with van der Waals surface area (Å²) in [6, 6.07) is 0. The fourth-order valence-electron chi connectivity index (χ4n) is 1.98. The molecule has 0 saturated carbocycles. The third-order valence-corrected chi connectivity index (χ3v) is 5.47. The largest absolute Gasteiger partial charge is 0.325 e. The fraction of sp³-hybridized carbons (Fsp3) is 1.00. The third-order valence-electron chi connectivity index (χ3n) is 4.16. The van der Waals surface area contributed by atoms with Crippen LogP contribution < -0.4 is 5.73 Å². The summed E-state index contributed by atoms with van der Waals surface area (Å²) in [4.78, 5) is 2.30. The molecule has 1 aliphatic heterocycles. The summed E-state index contributed by atoms with van der Waals surface area (Å²) < 4.78 is 24.4. The maximum absolute atomic E-state index is 11.4. The molecule has 1 rings (SSSR count). The third kappa shape index (κ3) is 3.91. The second-order valence-corrected chi connectivity index (χ2v) is 8.53. The van der Waals surface area contributed by atoms with Gasteiger partial charge in [0.15, 0.2) is 0 Å². The van der Waals surface area contributed by atoms with Gasteiger partial charge in [-0.3, -0.25) is 0 Å². The molecule has 1 aliphatic rings. The fourth-order valence-corrected chi connectivity index (χ4v) is 2.81. The minimum absolute atomic E-state index is 0.000258. The Kier molecular flexibility index (Phi) is 4.48. The Bertz CT molecular complexity index is 377. The molecule has 0 spiro atoms. The molecule has 1 fully saturated rings. The van der Waals surface area contributed by atoms with Gasteiger partial charge in [0.2, 0.25) is 10.0 Å². The van der Waals surface area contributed by atoms with E-state index in [1.165, 1.54) is 6.26 Å². The molecule has 0 atom stereocenters. The average molecular weight is 277 g/mol. The number of sulfonamides is 1. The molecule has 0 unspecified atom stereocenters. The van der Waals surface area contributed by atoms with Crippen molar-refractivity contribution >= 4 is 10.0 Å². The minimum Gasteiger partial charge on any atom is -0.325 e. The molecule has 6 heteroatoms. The van der Waals surface area contributed by atoms with E-state index < -0.39 is 10.0 Å². The van der Waals surface area contributed by atoms with Gasteiger partial charge >= 0.3 is 0 Å². The lowest BCUT2D eigenvalue weighted by molar-refractivity contribution is 0.0890. The summed E-state index contributed by atoms with van der Waals surface area (Å²) in [6.45, 7) is 12.0. The van der Waals surface area contributed by atoms with Crippen molar-refractivity contribution in [1.82, 2.24) is 9.21 Å². The van der Waals surface area contributed by atoms with Gasteiger partial charge in [-0.1, -0.05) is 13.8 Å². The average Bonchev–Trinajstić information content (AvgIpc) is 2.14. The summed E-state index contributed by atoms with van der Waals surface area (Å²) in [6.07, 6.45) is 1.27. The normalized spacial score (nSPS) is 21.2. The van der Waals surface area contributed by atoms with E-state index in [4.69, 9.17) is 5.73 Å². The molecular formula is C12H27N3O2S. The lowest BCUT2D eigenvalue weighted by Crippen LogP contribution is -2.56. The standard InChI is InChI=1S/C12H27N3O2S/c1-11(2,12(3,4)13)10-14-6-8-15(9-7-14)18(5,16)17/h6-10,13H2,1-5H3. The molecule has 1 heterocycles. The highest BCUT2D eigenvalue weighted by atomic mass is 32.2. The van der Waals surface area contributed by atoms with E-state index in [0.717, 1.165) is 19.6 Å². The number of hydrogen-bond donors (Lipinski definition) is 1. The monoisotopic (exact) mass is 277 g/mol. The van der Waals surface area contributed by atoms with E-state index in [2.05, 4.69) is 18.7 Å². The zero-order valence-corrected chi connectivity index (χ0v) is 13.0. The van der Waals surface area contributed by atoms with Gasteiger partial charge < -0.3 is 10.6 Å². The van der Waals surface area contributed by atoms with Crippen LogP contribution in [0.4, 0.5) is 0 Å². The summed E-state index contributed by atoms with van der Waals surface area (Å²) >= 11 is 0. The molecule has 0 aromatic rings. The van der Waals surface area contributed by atoms with Gasteiger partial charge in [0.25, 0.3) is 0 Å². The van der Waals surface area contributed by atoms with Gasteiger partial charge in [-0.25, -0.2) is 8.42 Å². The zero-order chi connectivity index (χ0) is 14.2. The lowest BCUT2D eigenvalue weighted by Gasteiger charge is -2.44. The number of piperazine rings is 1. The topological polar surface area (TPSA) is 66.6 Å². The first-order chi connectivity index (χ1) is 7.93. The van der Waals surface area contributed by atoms with Crippen LogP contribution in [0.1, 0.15) is 27.7 Å². The molecule has 0 aliphatic carbocycles. The van der Waals surface area contributed by atoms with Crippen LogP contribution in [-0.4, -0.2) is 62.1 Å². The molecule has 0 amide bonds. The second-order valence-electron chi connectivity index (χ2n) is 6.54. The molecule has 18 heavy (non-hydrogen) atoms. The van der Waals surface area contributed by atoms with E-state index >= 15 is 0 Å². The maximum atomic E-state index is 11.4. The predicted octanol–water partition coefficient (Wildman–Crippen LogP) is 0.327. The molecule has 108 valence electrons. The zero-order valence-electron chi connectivity index (χ0n) is 12.2. The minimum atomic E-state index is -3.04. The Morgan fingerprint density at radius 2 is 1.50 bits per heavy atom. The quantitative estimate of drug-likeness (QED) is 0.804. The Morgan fingerprint density at radius 1 is 1.06 bits per heavy atom. The van der Waals surface area contributed by atoms with Crippen molar-refractivity contribution in [2.45, 2.75) is 33.2 Å². The molecule has 2 N–H and O–H groups in total. The van der Waals surface area contributed by atoms with Crippen LogP contribution in [0, 0.1) is 5.41 Å². The van der Waals surface area contributed by atoms with Gasteiger partial charge in [0.05, 0.1) is 6.26 Å². The van der Waals surface area contributed by atoms with Gasteiger partial charge in [0.1, 0.15) is 0 Å². The number of hydrogen-bond acceptors (Lipinski definition) is 4. The van der Waals surface area contributed by atoms with Crippen molar-refractivity contribution < 1.29 is 8.42 Å². The SMILES string of the molecule is CC(C)(N)C(C)(C)CN1CCN(S(C)(=O)=O)CC1. The second kappa shape index (κ2) is 5.07. The molecular weight excluding hydrogens is 250 g/mol.